The molecule has 0 aromatic heterocycles. The summed E-state index contributed by atoms with van der Waals surface area (Å²) in [4.78, 5) is 0. The summed E-state index contributed by atoms with van der Waals surface area (Å²) in [5.41, 5.74) is 0. The fourth-order valence-corrected chi connectivity index (χ4v) is 6.25. The van der Waals surface area contributed by atoms with Gasteiger partial charge in [-0.2, -0.15) is 0 Å². The van der Waals surface area contributed by atoms with Gasteiger partial charge in [-0.15, -0.1) is 0 Å². The number of fused-ring (bicyclic) bond motifs is 4. The minimum Gasteiger partial charge on any atom is -0.0651 e. The minimum atomic E-state index is 0. The summed E-state index contributed by atoms with van der Waals surface area (Å²) >= 11 is 0. The molecule has 2 aliphatic heterocycles. The third kappa shape index (κ3) is 1.36. The molecule has 90 valence electrons. The van der Waals surface area contributed by atoms with Gasteiger partial charge in [0.05, 0.1) is 0 Å². The van der Waals surface area contributed by atoms with Gasteiger partial charge in [0.1, 0.15) is 7.28 Å². The van der Waals surface area contributed by atoms with E-state index in [1.165, 1.54) is 11.8 Å². The monoisotopic (exact) mass is 218 g/mol. The van der Waals surface area contributed by atoms with E-state index in [9.17, 15) is 0 Å². The highest BCUT2D eigenvalue weighted by molar-refractivity contribution is 6.42. The maximum atomic E-state index is 1.64. The predicted octanol–water partition coefficient (Wildman–Crippen LogP) is 4.42. The molecule has 1 heteroatoms. The Morgan fingerprint density at radius 1 is 0.938 bits per heavy atom. The first-order chi connectivity index (χ1) is 7.86. The highest BCUT2D eigenvalue weighted by Gasteiger charge is 2.52. The second-order valence-corrected chi connectivity index (χ2v) is 7.50. The van der Waals surface area contributed by atoms with Crippen LogP contribution in [0.15, 0.2) is 0 Å². The summed E-state index contributed by atoms with van der Waals surface area (Å²) in [5, 5.41) is 0.862. The molecule has 0 spiro atoms. The van der Waals surface area contributed by atoms with Crippen LogP contribution in [0, 0.1) is 17.8 Å². The molecule has 2 saturated heterocycles. The maximum absolute atomic E-state index is 1.64. The van der Waals surface area contributed by atoms with E-state index in [2.05, 4.69) is 0 Å². The van der Waals surface area contributed by atoms with E-state index in [0.717, 1.165) is 17.0 Å². The lowest BCUT2D eigenvalue weighted by atomic mass is 9.32. The number of rotatable bonds is 1. The second kappa shape index (κ2) is 3.53. The van der Waals surface area contributed by atoms with Gasteiger partial charge in [-0.1, -0.05) is 56.1 Å². The Bertz CT molecular complexity index is 281. The van der Waals surface area contributed by atoms with E-state index in [1.807, 2.05) is 0 Å². The molecule has 4 bridgehead atoms. The topological polar surface area (TPSA) is 0 Å². The van der Waals surface area contributed by atoms with Crippen molar-refractivity contribution < 1.29 is 1.43 Å². The van der Waals surface area contributed by atoms with E-state index >= 15 is 0 Å². The fraction of sp³-hybridized carbons (Fsp3) is 1.00. The van der Waals surface area contributed by atoms with Gasteiger partial charge in [0.2, 0.25) is 0 Å². The first kappa shape index (κ1) is 10.0. The van der Waals surface area contributed by atoms with Gasteiger partial charge >= 0.3 is 0 Å². The molecule has 0 amide bonds. The molecule has 3 atom stereocenters. The van der Waals surface area contributed by atoms with Crippen molar-refractivity contribution in [1.29, 1.82) is 0 Å². The van der Waals surface area contributed by atoms with Crippen molar-refractivity contribution in [3.63, 3.8) is 0 Å². The molecular formula is C15H27B. The van der Waals surface area contributed by atoms with Gasteiger partial charge in [0.25, 0.3) is 0 Å². The minimum absolute atomic E-state index is 0. The molecule has 16 heavy (non-hydrogen) atoms. The van der Waals surface area contributed by atoms with Crippen LogP contribution in [-0.4, -0.2) is 7.28 Å². The van der Waals surface area contributed by atoms with Crippen LogP contribution in [-0.2, 0) is 0 Å². The normalized spacial score (nSPS) is 55.0. The van der Waals surface area contributed by atoms with E-state index in [-0.39, 0.29) is 1.43 Å². The van der Waals surface area contributed by atoms with Crippen LogP contribution >= 0.6 is 0 Å². The Morgan fingerprint density at radius 3 is 2.38 bits per heavy atom. The molecule has 2 saturated carbocycles. The van der Waals surface area contributed by atoms with Crippen molar-refractivity contribution in [2.45, 2.75) is 75.3 Å². The average molecular weight is 218 g/mol. The van der Waals surface area contributed by atoms with E-state index < -0.39 is 0 Å². The molecule has 4 aliphatic rings. The molecular weight excluding hydrogens is 191 g/mol. The van der Waals surface area contributed by atoms with Crippen LogP contribution in [0.3, 0.4) is 0 Å². The van der Waals surface area contributed by atoms with Crippen molar-refractivity contribution in [2.75, 3.05) is 0 Å². The standard InChI is InChI=1S/C15H25B.H2/c1-3-13-4-2-8-15(7-1,16-13)14-10-11-5-6-12(14)9-11;/h11-14,16H,1-10H2;1H. The number of hydrogen-bond acceptors (Lipinski definition) is 0. The Hall–Kier alpha value is 0.0649. The van der Waals surface area contributed by atoms with Crippen molar-refractivity contribution in [2.24, 2.45) is 17.8 Å². The zero-order chi connectivity index (χ0) is 10.6. The Kier molecular flexibility index (Phi) is 2.21. The quantitative estimate of drug-likeness (QED) is 0.571. The van der Waals surface area contributed by atoms with E-state index in [1.54, 1.807) is 71.5 Å². The van der Waals surface area contributed by atoms with Crippen LogP contribution in [0.25, 0.3) is 0 Å². The zero-order valence-electron chi connectivity index (χ0n) is 10.6. The lowest BCUT2D eigenvalue weighted by molar-refractivity contribution is 0.186. The van der Waals surface area contributed by atoms with Gasteiger partial charge in [0, 0.05) is 1.43 Å². The largest absolute Gasteiger partial charge is 0.131 e. The molecule has 2 heterocycles. The van der Waals surface area contributed by atoms with Crippen molar-refractivity contribution in [3.05, 3.63) is 0 Å². The summed E-state index contributed by atoms with van der Waals surface area (Å²) < 4.78 is 0. The van der Waals surface area contributed by atoms with Crippen LogP contribution in [0.4, 0.5) is 0 Å². The third-order valence-corrected chi connectivity index (χ3v) is 6.79. The van der Waals surface area contributed by atoms with Crippen molar-refractivity contribution in [3.8, 4) is 0 Å². The first-order valence-electron chi connectivity index (χ1n) is 7.86. The Morgan fingerprint density at radius 2 is 1.75 bits per heavy atom. The highest BCUT2D eigenvalue weighted by atomic mass is 14.5. The predicted molar refractivity (Wildman–Crippen MR) is 72.3 cm³/mol. The van der Waals surface area contributed by atoms with Gasteiger partial charge in [0.15, 0.2) is 0 Å². The van der Waals surface area contributed by atoms with Crippen LogP contribution in [0.1, 0.15) is 65.6 Å². The summed E-state index contributed by atoms with van der Waals surface area (Å²) in [6.45, 7) is 0. The SMILES string of the molecule is B1C2CCCC1(C1CC3CCC1C3)CCC2.[HH]. The summed E-state index contributed by atoms with van der Waals surface area (Å²) in [6, 6.07) is 0. The zero-order valence-corrected chi connectivity index (χ0v) is 10.6. The Balaban J connectivity index is 0.000000902. The second-order valence-electron chi connectivity index (χ2n) is 7.50. The molecule has 0 aromatic carbocycles. The Labute approximate surface area is 102 Å². The lowest BCUT2D eigenvalue weighted by Gasteiger charge is -2.51. The van der Waals surface area contributed by atoms with Gasteiger partial charge in [-0.25, -0.2) is 0 Å². The number of hydrogen-bond donors (Lipinski definition) is 0. The smallest absolute Gasteiger partial charge is 0.0651 e. The van der Waals surface area contributed by atoms with Gasteiger partial charge < -0.3 is 0 Å². The summed E-state index contributed by atoms with van der Waals surface area (Å²) in [5.74, 6) is 4.64. The molecule has 0 nitrogen and oxygen atoms in total. The van der Waals surface area contributed by atoms with Crippen molar-refractivity contribution in [1.82, 2.24) is 0 Å². The van der Waals surface area contributed by atoms with Crippen LogP contribution < -0.4 is 0 Å². The maximum Gasteiger partial charge on any atom is 0.131 e. The van der Waals surface area contributed by atoms with Crippen molar-refractivity contribution >= 4 is 7.28 Å². The van der Waals surface area contributed by atoms with E-state index in [0.29, 0.717) is 0 Å². The molecule has 4 fully saturated rings. The summed E-state index contributed by atoms with van der Waals surface area (Å²) in [7, 11) is 1.64. The van der Waals surface area contributed by atoms with Crippen LogP contribution in [0.5, 0.6) is 0 Å². The molecule has 0 aromatic rings. The van der Waals surface area contributed by atoms with E-state index in [4.69, 9.17) is 0 Å². The third-order valence-electron chi connectivity index (χ3n) is 6.79. The fourth-order valence-electron chi connectivity index (χ4n) is 6.25. The van der Waals surface area contributed by atoms with Gasteiger partial charge in [-0.05, 0) is 37.0 Å². The van der Waals surface area contributed by atoms with Crippen LogP contribution in [0.2, 0.25) is 11.1 Å². The lowest BCUT2D eigenvalue weighted by Crippen LogP contribution is -2.40. The molecule has 4 rings (SSSR count). The first-order valence-corrected chi connectivity index (χ1v) is 7.86. The highest BCUT2D eigenvalue weighted by Crippen LogP contribution is 2.64. The van der Waals surface area contributed by atoms with Gasteiger partial charge in [-0.3, -0.25) is 0 Å². The summed E-state index contributed by atoms with van der Waals surface area (Å²) in [6.07, 6.45) is 15.9. The molecule has 2 aliphatic carbocycles. The average Bonchev–Trinajstić information content (AvgIpc) is 2.91. The molecule has 3 unspecified atom stereocenters. The molecule has 0 N–H and O–H groups in total. The molecule has 0 radical (unpaired) electrons.